The lowest BCUT2D eigenvalue weighted by molar-refractivity contribution is 0.0641. The Morgan fingerprint density at radius 2 is 1.82 bits per heavy atom. The van der Waals surface area contributed by atoms with Gasteiger partial charge in [0, 0.05) is 42.7 Å². The maximum absolute atomic E-state index is 14.1. The van der Waals surface area contributed by atoms with E-state index in [0.717, 1.165) is 6.20 Å². The number of halogens is 3. The molecule has 8 nitrogen and oxygen atoms in total. The Kier molecular flexibility index (Phi) is 6.83. The first kappa shape index (κ1) is 26.0. The van der Waals surface area contributed by atoms with Gasteiger partial charge in [0.15, 0.2) is 11.4 Å². The van der Waals surface area contributed by atoms with Crippen LogP contribution in [-0.2, 0) is 13.2 Å². The summed E-state index contributed by atoms with van der Waals surface area (Å²) in [5.74, 6) is -5.58. The van der Waals surface area contributed by atoms with Crippen molar-refractivity contribution in [2.75, 3.05) is 6.54 Å². The van der Waals surface area contributed by atoms with Crippen LogP contribution in [0.4, 0.5) is 13.2 Å². The molecule has 3 heterocycles. The van der Waals surface area contributed by atoms with Crippen molar-refractivity contribution in [2.24, 2.45) is 0 Å². The lowest BCUT2D eigenvalue weighted by atomic mass is 10.0. The molecule has 0 radical (unpaired) electrons. The van der Waals surface area contributed by atoms with E-state index in [1.165, 1.54) is 21.6 Å². The van der Waals surface area contributed by atoms with Crippen LogP contribution in [0.5, 0.6) is 5.75 Å². The molecule has 2 aliphatic rings. The number of nitrogens with zero attached hydrogens (tertiary/aromatic N) is 2. The van der Waals surface area contributed by atoms with Crippen LogP contribution in [0.1, 0.15) is 38.0 Å². The number of nitrogens with one attached hydrogen (secondary N) is 1. The van der Waals surface area contributed by atoms with Gasteiger partial charge in [-0.25, -0.2) is 13.2 Å². The van der Waals surface area contributed by atoms with Crippen molar-refractivity contribution in [1.82, 2.24) is 14.8 Å². The monoisotopic (exact) mass is 537 g/mol. The molecule has 39 heavy (non-hydrogen) atoms. The topological polar surface area (TPSA) is 101 Å². The van der Waals surface area contributed by atoms with Gasteiger partial charge in [-0.1, -0.05) is 43.0 Å². The molecule has 0 aliphatic carbocycles. The smallest absolute Gasteiger partial charge is 0.278 e. The van der Waals surface area contributed by atoms with E-state index in [0.29, 0.717) is 23.4 Å². The second-order valence-corrected chi connectivity index (χ2v) is 9.09. The molecular formula is C28H22F3N3O5. The molecule has 5 rings (SSSR count). The summed E-state index contributed by atoms with van der Waals surface area (Å²) < 4.78 is 48.6. The number of pyridine rings is 1. The summed E-state index contributed by atoms with van der Waals surface area (Å²) in [5.41, 5.74) is -1.21. The molecule has 2 N–H and O–H groups in total. The van der Waals surface area contributed by atoms with Crippen molar-refractivity contribution in [3.8, 4) is 5.75 Å². The van der Waals surface area contributed by atoms with Gasteiger partial charge < -0.3 is 24.6 Å². The van der Waals surface area contributed by atoms with Gasteiger partial charge in [-0.05, 0) is 11.6 Å². The molecule has 2 amide bonds. The first-order chi connectivity index (χ1) is 18.7. The maximum atomic E-state index is 14.1. The maximum Gasteiger partial charge on any atom is 0.278 e. The SMILES string of the molecule is C=C1C=C[C@H](O)C2CN1C(=O)c1c(OCc3ccccc3)c(=O)c(C(=O)NCc3c(F)cc(F)cc3F)cn12. The second kappa shape index (κ2) is 10.3. The summed E-state index contributed by atoms with van der Waals surface area (Å²) >= 11 is 0. The predicted molar refractivity (Wildman–Crippen MR) is 133 cm³/mol. The quantitative estimate of drug-likeness (QED) is 0.503. The van der Waals surface area contributed by atoms with E-state index >= 15 is 0 Å². The minimum Gasteiger partial charge on any atom is -0.483 e. The van der Waals surface area contributed by atoms with Crippen LogP contribution in [0.2, 0.25) is 0 Å². The lowest BCUT2D eigenvalue weighted by Crippen LogP contribution is -2.46. The van der Waals surface area contributed by atoms with Crippen molar-refractivity contribution in [3.63, 3.8) is 0 Å². The van der Waals surface area contributed by atoms with E-state index in [9.17, 15) is 32.7 Å². The van der Waals surface area contributed by atoms with Crippen LogP contribution in [-0.4, -0.2) is 39.0 Å². The van der Waals surface area contributed by atoms with Gasteiger partial charge in [0.05, 0.1) is 12.1 Å². The van der Waals surface area contributed by atoms with Crippen LogP contribution in [0.15, 0.2) is 77.9 Å². The molecule has 1 unspecified atom stereocenters. The number of aliphatic hydroxyl groups excluding tert-OH is 1. The Morgan fingerprint density at radius 1 is 1.13 bits per heavy atom. The van der Waals surface area contributed by atoms with Gasteiger partial charge in [-0.2, -0.15) is 0 Å². The number of aliphatic hydroxyl groups is 1. The minimum atomic E-state index is -1.21. The van der Waals surface area contributed by atoms with Crippen LogP contribution < -0.4 is 15.5 Å². The van der Waals surface area contributed by atoms with Crippen molar-refractivity contribution in [3.05, 3.63) is 123 Å². The van der Waals surface area contributed by atoms with Gasteiger partial charge in [0.25, 0.3) is 11.8 Å². The average molecular weight is 537 g/mol. The highest BCUT2D eigenvalue weighted by Gasteiger charge is 2.40. The minimum absolute atomic E-state index is 0.00684. The number of ether oxygens (including phenoxy) is 1. The number of allylic oxidation sites excluding steroid dienone is 1. The standard InChI is InChI=1S/C28H22F3N3O5/c1-15-7-8-23(35)22-13-33(15)28(38)24-26(39-14-16-5-3-2-4-6-16)25(36)19(12-34(22)24)27(37)32-11-18-20(30)9-17(29)10-21(18)31/h2-10,12,22-23,35H,1,11,13-14H2,(H,32,37)/t22?,23-/m0/s1. The van der Waals surface area contributed by atoms with E-state index in [-0.39, 0.29) is 18.8 Å². The molecular weight excluding hydrogens is 515 g/mol. The van der Waals surface area contributed by atoms with Gasteiger partial charge in [0.2, 0.25) is 5.43 Å². The Morgan fingerprint density at radius 3 is 2.51 bits per heavy atom. The van der Waals surface area contributed by atoms with Crippen molar-refractivity contribution >= 4 is 11.8 Å². The number of hydrogen-bond acceptors (Lipinski definition) is 5. The molecule has 2 bridgehead atoms. The third kappa shape index (κ3) is 4.84. The van der Waals surface area contributed by atoms with Gasteiger partial charge >= 0.3 is 0 Å². The molecule has 2 aliphatic heterocycles. The molecule has 0 spiro atoms. The summed E-state index contributed by atoms with van der Waals surface area (Å²) in [4.78, 5) is 41.4. The van der Waals surface area contributed by atoms with Crippen LogP contribution in [0.25, 0.3) is 0 Å². The number of benzene rings is 2. The normalized spacial score (nSPS) is 18.0. The van der Waals surface area contributed by atoms with E-state index in [2.05, 4.69) is 11.9 Å². The number of amides is 2. The van der Waals surface area contributed by atoms with E-state index in [1.807, 2.05) is 0 Å². The van der Waals surface area contributed by atoms with E-state index in [4.69, 9.17) is 4.74 Å². The first-order valence-electron chi connectivity index (χ1n) is 11.9. The van der Waals surface area contributed by atoms with Gasteiger partial charge in [-0.3, -0.25) is 14.4 Å². The zero-order valence-electron chi connectivity index (χ0n) is 20.4. The van der Waals surface area contributed by atoms with Crippen LogP contribution >= 0.6 is 0 Å². The fourth-order valence-corrected chi connectivity index (χ4v) is 4.54. The Bertz CT molecular complexity index is 1560. The first-order valence-corrected chi connectivity index (χ1v) is 11.9. The summed E-state index contributed by atoms with van der Waals surface area (Å²) in [6, 6.07) is 8.94. The number of rotatable bonds is 6. The molecule has 2 atom stereocenters. The molecule has 11 heteroatoms. The summed E-state index contributed by atoms with van der Waals surface area (Å²) in [6.07, 6.45) is 2.93. The predicted octanol–water partition coefficient (Wildman–Crippen LogP) is 3.22. The number of carbonyl (C=O) groups is 2. The number of fused-ring (bicyclic) bond motifs is 4. The van der Waals surface area contributed by atoms with E-state index < -0.39 is 70.3 Å². The highest BCUT2D eigenvalue weighted by molar-refractivity contribution is 6.00. The number of aromatic nitrogens is 1. The Hall–Kier alpha value is -4.64. The van der Waals surface area contributed by atoms with Crippen LogP contribution in [0, 0.1) is 17.5 Å². The molecule has 2 aromatic carbocycles. The number of carbonyl (C=O) groups excluding carboxylic acids is 2. The lowest BCUT2D eigenvalue weighted by Gasteiger charge is -2.36. The van der Waals surface area contributed by atoms with Crippen molar-refractivity contribution in [2.45, 2.75) is 25.3 Å². The zero-order chi connectivity index (χ0) is 27.8. The molecule has 0 fully saturated rings. The number of hydrogen-bond donors (Lipinski definition) is 2. The molecule has 3 aromatic rings. The fourth-order valence-electron chi connectivity index (χ4n) is 4.54. The summed E-state index contributed by atoms with van der Waals surface area (Å²) in [6.45, 7) is 3.06. The average Bonchev–Trinajstić information content (AvgIpc) is 3.03. The third-order valence-electron chi connectivity index (χ3n) is 6.60. The second-order valence-electron chi connectivity index (χ2n) is 9.09. The van der Waals surface area contributed by atoms with Crippen molar-refractivity contribution in [1.29, 1.82) is 0 Å². The highest BCUT2D eigenvalue weighted by Crippen LogP contribution is 2.33. The van der Waals surface area contributed by atoms with Gasteiger partial charge in [0.1, 0.15) is 29.6 Å². The largest absolute Gasteiger partial charge is 0.483 e. The molecule has 0 saturated heterocycles. The van der Waals surface area contributed by atoms with E-state index in [1.54, 1.807) is 30.3 Å². The van der Waals surface area contributed by atoms with Gasteiger partial charge in [-0.15, -0.1) is 0 Å². The molecule has 0 saturated carbocycles. The Balaban J connectivity index is 1.57. The Labute approximate surface area is 220 Å². The molecule has 200 valence electrons. The zero-order valence-corrected chi connectivity index (χ0v) is 20.4. The molecule has 1 aromatic heterocycles. The third-order valence-corrected chi connectivity index (χ3v) is 6.60. The summed E-state index contributed by atoms with van der Waals surface area (Å²) in [5, 5.41) is 13.0. The summed E-state index contributed by atoms with van der Waals surface area (Å²) in [7, 11) is 0. The van der Waals surface area contributed by atoms with Crippen LogP contribution in [0.3, 0.4) is 0 Å². The highest BCUT2D eigenvalue weighted by atomic mass is 19.1. The van der Waals surface area contributed by atoms with Crippen molar-refractivity contribution < 1.29 is 32.6 Å². The fraction of sp³-hybridized carbons (Fsp3) is 0.179.